The van der Waals surface area contributed by atoms with Gasteiger partial charge < -0.3 is 19.5 Å². The van der Waals surface area contributed by atoms with Gasteiger partial charge in [-0.05, 0) is 61.9 Å². The van der Waals surface area contributed by atoms with Crippen molar-refractivity contribution in [1.29, 1.82) is 0 Å². The summed E-state index contributed by atoms with van der Waals surface area (Å²) in [5, 5.41) is 6.87. The average molecular weight is 538 g/mol. The number of amides is 2. The fourth-order valence-electron chi connectivity index (χ4n) is 3.69. The van der Waals surface area contributed by atoms with E-state index < -0.39 is 5.91 Å². The zero-order valence-corrected chi connectivity index (χ0v) is 22.4. The number of ether oxygens (including phenoxy) is 3. The highest BCUT2D eigenvalue weighted by atomic mass is 16.5. The van der Waals surface area contributed by atoms with E-state index in [0.29, 0.717) is 47.3 Å². The third-order valence-corrected chi connectivity index (χ3v) is 5.73. The molecule has 0 bridgehead atoms. The molecule has 0 aliphatic heterocycles. The van der Waals surface area contributed by atoms with E-state index in [1.54, 1.807) is 36.4 Å². The van der Waals surface area contributed by atoms with Crippen molar-refractivity contribution in [2.24, 2.45) is 5.10 Å². The summed E-state index contributed by atoms with van der Waals surface area (Å²) in [6.07, 6.45) is 1.46. The van der Waals surface area contributed by atoms with Crippen molar-refractivity contribution in [3.05, 3.63) is 119 Å². The predicted octanol–water partition coefficient (Wildman–Crippen LogP) is 5.75. The van der Waals surface area contributed by atoms with E-state index in [0.717, 1.165) is 11.1 Å². The van der Waals surface area contributed by atoms with Gasteiger partial charge in [0, 0.05) is 16.8 Å². The van der Waals surface area contributed by atoms with Crippen LogP contribution in [0, 0.1) is 6.92 Å². The van der Waals surface area contributed by atoms with E-state index in [2.05, 4.69) is 15.8 Å². The summed E-state index contributed by atoms with van der Waals surface area (Å²) in [4.78, 5) is 25.1. The number of hydrogen-bond acceptors (Lipinski definition) is 6. The minimum Gasteiger partial charge on any atom is -0.490 e. The molecule has 2 N–H and O–H groups in total. The summed E-state index contributed by atoms with van der Waals surface area (Å²) in [5.41, 5.74) is 6.32. The van der Waals surface area contributed by atoms with Gasteiger partial charge >= 0.3 is 0 Å². The monoisotopic (exact) mass is 537 g/mol. The number of nitrogens with one attached hydrogen (secondary N) is 2. The van der Waals surface area contributed by atoms with Crippen LogP contribution in [-0.2, 0) is 11.4 Å². The topological polar surface area (TPSA) is 98.3 Å². The summed E-state index contributed by atoms with van der Waals surface area (Å²) in [7, 11) is 0. The first-order chi connectivity index (χ1) is 19.5. The van der Waals surface area contributed by atoms with Gasteiger partial charge in [-0.3, -0.25) is 9.59 Å². The molecule has 4 aromatic carbocycles. The van der Waals surface area contributed by atoms with E-state index in [4.69, 9.17) is 14.2 Å². The Morgan fingerprint density at radius 2 is 1.55 bits per heavy atom. The fourth-order valence-corrected chi connectivity index (χ4v) is 3.69. The maximum atomic E-state index is 12.8. The summed E-state index contributed by atoms with van der Waals surface area (Å²) >= 11 is 0. The maximum Gasteiger partial charge on any atom is 0.271 e. The highest BCUT2D eigenvalue weighted by molar-refractivity contribution is 5.96. The normalized spacial score (nSPS) is 10.7. The molecule has 0 aromatic heterocycles. The molecular formula is C32H31N3O5. The van der Waals surface area contributed by atoms with Gasteiger partial charge in [0.05, 0.1) is 12.8 Å². The highest BCUT2D eigenvalue weighted by Gasteiger charge is 2.12. The second-order valence-corrected chi connectivity index (χ2v) is 8.81. The minimum atomic E-state index is -0.414. The van der Waals surface area contributed by atoms with Crippen molar-refractivity contribution in [2.45, 2.75) is 20.5 Å². The lowest BCUT2D eigenvalue weighted by atomic mass is 10.2. The molecule has 40 heavy (non-hydrogen) atoms. The highest BCUT2D eigenvalue weighted by Crippen LogP contribution is 2.29. The molecule has 0 aliphatic rings. The Bertz CT molecular complexity index is 1450. The van der Waals surface area contributed by atoms with E-state index in [-0.39, 0.29) is 12.5 Å². The van der Waals surface area contributed by atoms with Crippen molar-refractivity contribution in [2.75, 3.05) is 18.5 Å². The van der Waals surface area contributed by atoms with Crippen molar-refractivity contribution in [1.82, 2.24) is 5.43 Å². The third-order valence-electron chi connectivity index (χ3n) is 5.73. The van der Waals surface area contributed by atoms with Gasteiger partial charge in [0.15, 0.2) is 18.1 Å². The van der Waals surface area contributed by atoms with E-state index in [9.17, 15) is 9.59 Å². The molecule has 4 aromatic rings. The van der Waals surface area contributed by atoms with Crippen molar-refractivity contribution < 1.29 is 23.8 Å². The Morgan fingerprint density at radius 3 is 2.33 bits per heavy atom. The molecule has 0 fully saturated rings. The SMILES string of the molecule is CCOc1cc(C(=O)N/N=C/c2ccccc2OCC(=O)Nc2ccc(C)cc2)ccc1OCc1ccccc1. The number of carbonyl (C=O) groups excluding carboxylic acids is 2. The van der Waals surface area contributed by atoms with Gasteiger partial charge in [-0.15, -0.1) is 0 Å². The Kier molecular flexibility index (Phi) is 9.88. The quantitative estimate of drug-likeness (QED) is 0.177. The van der Waals surface area contributed by atoms with E-state index >= 15 is 0 Å². The lowest BCUT2D eigenvalue weighted by Gasteiger charge is -2.13. The van der Waals surface area contributed by atoms with Crippen LogP contribution in [0.3, 0.4) is 0 Å². The van der Waals surface area contributed by atoms with E-state index in [1.807, 2.05) is 74.5 Å². The van der Waals surface area contributed by atoms with Crippen LogP contribution in [0.2, 0.25) is 0 Å². The predicted molar refractivity (Wildman–Crippen MR) is 155 cm³/mol. The Hall–Kier alpha value is -5.11. The molecule has 204 valence electrons. The molecule has 0 atom stereocenters. The Morgan fingerprint density at radius 1 is 0.800 bits per heavy atom. The van der Waals surface area contributed by atoms with Gasteiger partial charge in [0.25, 0.3) is 11.8 Å². The lowest BCUT2D eigenvalue weighted by Crippen LogP contribution is -2.20. The van der Waals surface area contributed by atoms with Crippen LogP contribution >= 0.6 is 0 Å². The molecule has 4 rings (SSSR count). The molecule has 0 saturated heterocycles. The molecule has 0 saturated carbocycles. The molecule has 0 radical (unpaired) electrons. The second-order valence-electron chi connectivity index (χ2n) is 8.81. The zero-order chi connectivity index (χ0) is 28.2. The van der Waals surface area contributed by atoms with Gasteiger partial charge in [0.1, 0.15) is 12.4 Å². The summed E-state index contributed by atoms with van der Waals surface area (Å²) in [6.45, 7) is 4.47. The molecule has 8 nitrogen and oxygen atoms in total. The van der Waals surface area contributed by atoms with Crippen LogP contribution in [0.1, 0.15) is 34.0 Å². The third kappa shape index (κ3) is 8.19. The average Bonchev–Trinajstić information content (AvgIpc) is 2.98. The number of para-hydroxylation sites is 1. The molecule has 0 spiro atoms. The van der Waals surface area contributed by atoms with Crippen molar-refractivity contribution in [3.8, 4) is 17.2 Å². The van der Waals surface area contributed by atoms with Gasteiger partial charge in [0.2, 0.25) is 0 Å². The van der Waals surface area contributed by atoms with Crippen LogP contribution in [-0.4, -0.2) is 31.2 Å². The minimum absolute atomic E-state index is 0.177. The van der Waals surface area contributed by atoms with Crippen LogP contribution in [0.15, 0.2) is 102 Å². The summed E-state index contributed by atoms with van der Waals surface area (Å²) in [6, 6.07) is 29.4. The molecule has 0 aliphatic carbocycles. The number of anilines is 1. The van der Waals surface area contributed by atoms with Crippen LogP contribution in [0.5, 0.6) is 17.2 Å². The second kappa shape index (κ2) is 14.2. The molecule has 2 amide bonds. The van der Waals surface area contributed by atoms with Crippen molar-refractivity contribution >= 4 is 23.7 Å². The standard InChI is InChI=1S/C32H31N3O5/c1-3-38-30-19-25(15-18-29(30)39-21-24-9-5-4-6-10-24)32(37)35-33-20-26-11-7-8-12-28(26)40-22-31(36)34-27-16-13-23(2)14-17-27/h4-20H,3,21-22H2,1-2H3,(H,34,36)(H,35,37)/b33-20+. The maximum absolute atomic E-state index is 12.8. The van der Waals surface area contributed by atoms with Gasteiger partial charge in [-0.2, -0.15) is 5.10 Å². The van der Waals surface area contributed by atoms with Crippen LogP contribution < -0.4 is 25.0 Å². The Balaban J connectivity index is 1.34. The largest absolute Gasteiger partial charge is 0.490 e. The molecule has 8 heteroatoms. The number of rotatable bonds is 12. The van der Waals surface area contributed by atoms with Crippen LogP contribution in [0.25, 0.3) is 0 Å². The number of hydrazone groups is 1. The first-order valence-corrected chi connectivity index (χ1v) is 12.9. The first kappa shape index (κ1) is 27.9. The molecular weight excluding hydrogens is 506 g/mol. The number of hydrogen-bond donors (Lipinski definition) is 2. The fraction of sp³-hybridized carbons (Fsp3) is 0.156. The smallest absolute Gasteiger partial charge is 0.271 e. The number of nitrogens with zero attached hydrogens (tertiary/aromatic N) is 1. The van der Waals surface area contributed by atoms with E-state index in [1.165, 1.54) is 6.21 Å². The lowest BCUT2D eigenvalue weighted by molar-refractivity contribution is -0.118. The summed E-state index contributed by atoms with van der Waals surface area (Å²) in [5.74, 6) is 0.770. The Labute approximate surface area is 233 Å². The molecule has 0 unspecified atom stereocenters. The summed E-state index contributed by atoms with van der Waals surface area (Å²) < 4.78 is 17.3. The van der Waals surface area contributed by atoms with Gasteiger partial charge in [-0.25, -0.2) is 5.43 Å². The number of aryl methyl sites for hydroxylation is 1. The number of benzene rings is 4. The first-order valence-electron chi connectivity index (χ1n) is 12.9. The van der Waals surface area contributed by atoms with Gasteiger partial charge in [-0.1, -0.05) is 60.2 Å². The number of carbonyl (C=O) groups is 2. The molecule has 0 heterocycles. The van der Waals surface area contributed by atoms with Crippen molar-refractivity contribution in [3.63, 3.8) is 0 Å². The zero-order valence-electron chi connectivity index (χ0n) is 22.4. The van der Waals surface area contributed by atoms with Crippen LogP contribution in [0.4, 0.5) is 5.69 Å².